The first-order valence-corrected chi connectivity index (χ1v) is 15.1. The number of benzene rings is 2. The average molecular weight is 641 g/mol. The SMILES string of the molecule is COC1CN(c2cc(-c3cnc(N)c(-c4ccc(N(CC(C)O)C(=O)c5c(C)[nH]n(-c6cccc(Cl)c6)c5=O)cc4)n3)ccn2)C1. The molecule has 13 heteroatoms. The van der Waals surface area contributed by atoms with Gasteiger partial charge >= 0.3 is 0 Å². The third kappa shape index (κ3) is 6.10. The molecule has 4 heterocycles. The van der Waals surface area contributed by atoms with Crippen LogP contribution < -0.4 is 21.1 Å². The van der Waals surface area contributed by atoms with Gasteiger partial charge in [0.05, 0.1) is 36.3 Å². The van der Waals surface area contributed by atoms with E-state index in [1.165, 1.54) is 9.58 Å². The number of aliphatic hydroxyl groups excluding tert-OH is 1. The van der Waals surface area contributed by atoms with Crippen molar-refractivity contribution in [2.24, 2.45) is 0 Å². The van der Waals surface area contributed by atoms with E-state index < -0.39 is 17.6 Å². The summed E-state index contributed by atoms with van der Waals surface area (Å²) < 4.78 is 6.66. The van der Waals surface area contributed by atoms with Gasteiger partial charge in [-0.1, -0.05) is 29.8 Å². The van der Waals surface area contributed by atoms with E-state index in [4.69, 9.17) is 27.1 Å². The number of carbonyl (C=O) groups is 1. The van der Waals surface area contributed by atoms with Gasteiger partial charge in [0.2, 0.25) is 0 Å². The molecule has 0 aliphatic carbocycles. The van der Waals surface area contributed by atoms with Crippen LogP contribution in [0, 0.1) is 6.92 Å². The predicted octanol–water partition coefficient (Wildman–Crippen LogP) is 4.09. The molecule has 236 valence electrons. The fourth-order valence-electron chi connectivity index (χ4n) is 5.37. The average Bonchev–Trinajstić information content (AvgIpc) is 3.33. The monoisotopic (exact) mass is 640 g/mol. The number of hydrogen-bond donors (Lipinski definition) is 3. The van der Waals surface area contributed by atoms with Crippen molar-refractivity contribution in [3.05, 3.63) is 99.7 Å². The van der Waals surface area contributed by atoms with Crippen molar-refractivity contribution in [3.63, 3.8) is 0 Å². The highest BCUT2D eigenvalue weighted by atomic mass is 35.5. The smallest absolute Gasteiger partial charge is 0.284 e. The molecular formula is C33H33ClN8O4. The number of ether oxygens (including phenoxy) is 1. The molecule has 1 saturated heterocycles. The van der Waals surface area contributed by atoms with E-state index in [1.807, 2.05) is 12.1 Å². The van der Waals surface area contributed by atoms with Crippen LogP contribution in [0.2, 0.25) is 5.02 Å². The van der Waals surface area contributed by atoms with Crippen molar-refractivity contribution in [2.45, 2.75) is 26.1 Å². The van der Waals surface area contributed by atoms with Gasteiger partial charge in [-0.25, -0.2) is 19.6 Å². The van der Waals surface area contributed by atoms with E-state index >= 15 is 0 Å². The molecule has 0 radical (unpaired) electrons. The van der Waals surface area contributed by atoms with Crippen molar-refractivity contribution in [2.75, 3.05) is 42.3 Å². The summed E-state index contributed by atoms with van der Waals surface area (Å²) in [5.41, 5.74) is 9.69. The van der Waals surface area contributed by atoms with E-state index in [2.05, 4.69) is 20.0 Å². The van der Waals surface area contributed by atoms with Crippen molar-refractivity contribution in [1.82, 2.24) is 24.7 Å². The van der Waals surface area contributed by atoms with Crippen molar-refractivity contribution in [3.8, 4) is 28.2 Å². The van der Waals surface area contributed by atoms with Crippen LogP contribution in [0.3, 0.4) is 0 Å². The maximum absolute atomic E-state index is 13.9. The molecule has 0 spiro atoms. The summed E-state index contributed by atoms with van der Waals surface area (Å²) in [6.45, 7) is 4.73. The number of rotatable bonds is 9. The zero-order valence-corrected chi connectivity index (χ0v) is 26.3. The second-order valence-corrected chi connectivity index (χ2v) is 11.6. The molecule has 1 aliphatic heterocycles. The van der Waals surface area contributed by atoms with Crippen LogP contribution in [-0.4, -0.2) is 74.7 Å². The Kier molecular flexibility index (Phi) is 8.59. The van der Waals surface area contributed by atoms with Gasteiger partial charge < -0.3 is 25.4 Å². The number of aromatic amines is 1. The summed E-state index contributed by atoms with van der Waals surface area (Å²) in [6.07, 6.45) is 2.70. The Morgan fingerprint density at radius 1 is 1.15 bits per heavy atom. The molecule has 2 aromatic carbocycles. The summed E-state index contributed by atoms with van der Waals surface area (Å²) in [5.74, 6) is 0.523. The number of nitrogens with zero attached hydrogens (tertiary/aromatic N) is 6. The number of aromatic nitrogens is 5. The lowest BCUT2D eigenvalue weighted by Gasteiger charge is -2.39. The molecule has 6 rings (SSSR count). The summed E-state index contributed by atoms with van der Waals surface area (Å²) in [5, 5.41) is 13.7. The Bertz CT molecular complexity index is 1950. The number of aliphatic hydroxyl groups is 1. The molecule has 5 aromatic rings. The maximum atomic E-state index is 13.9. The fraction of sp³-hybridized carbons (Fsp3) is 0.242. The number of pyridine rings is 1. The normalized spacial score (nSPS) is 13.8. The number of H-pyrrole nitrogens is 1. The number of nitrogens with one attached hydrogen (secondary N) is 1. The highest BCUT2D eigenvalue weighted by Crippen LogP contribution is 2.30. The zero-order valence-electron chi connectivity index (χ0n) is 25.5. The van der Waals surface area contributed by atoms with Gasteiger partial charge in [-0.3, -0.25) is 14.7 Å². The summed E-state index contributed by atoms with van der Waals surface area (Å²) >= 11 is 6.13. The summed E-state index contributed by atoms with van der Waals surface area (Å²) in [6, 6.07) is 17.6. The van der Waals surface area contributed by atoms with Crippen LogP contribution >= 0.6 is 11.6 Å². The van der Waals surface area contributed by atoms with Gasteiger partial charge in [0.1, 0.15) is 22.9 Å². The Balaban J connectivity index is 1.29. The molecule has 0 bridgehead atoms. The van der Waals surface area contributed by atoms with Crippen molar-refractivity contribution < 1.29 is 14.6 Å². The Morgan fingerprint density at radius 2 is 1.91 bits per heavy atom. The minimum absolute atomic E-state index is 0.0383. The number of nitrogen functional groups attached to an aromatic ring is 1. The zero-order chi connectivity index (χ0) is 32.5. The third-order valence-corrected chi connectivity index (χ3v) is 8.08. The number of halogens is 1. The first-order chi connectivity index (χ1) is 22.1. The highest BCUT2D eigenvalue weighted by Gasteiger charge is 2.28. The van der Waals surface area contributed by atoms with Gasteiger partial charge in [0.15, 0.2) is 0 Å². The number of aryl methyl sites for hydroxylation is 1. The molecule has 1 aliphatic rings. The maximum Gasteiger partial charge on any atom is 0.284 e. The Labute approximate surface area is 270 Å². The van der Waals surface area contributed by atoms with Crippen LogP contribution in [0.15, 0.2) is 77.9 Å². The molecule has 1 atom stereocenters. The van der Waals surface area contributed by atoms with Crippen molar-refractivity contribution >= 4 is 34.8 Å². The van der Waals surface area contributed by atoms with E-state index in [0.717, 1.165) is 24.5 Å². The van der Waals surface area contributed by atoms with Crippen LogP contribution in [0.5, 0.6) is 0 Å². The van der Waals surface area contributed by atoms with Crippen molar-refractivity contribution in [1.29, 1.82) is 0 Å². The van der Waals surface area contributed by atoms with Crippen LogP contribution in [0.25, 0.3) is 28.2 Å². The summed E-state index contributed by atoms with van der Waals surface area (Å²) in [7, 11) is 1.70. The van der Waals surface area contributed by atoms with Crippen LogP contribution in [-0.2, 0) is 4.74 Å². The molecule has 1 amide bonds. The number of nitrogens with two attached hydrogens (primary N) is 1. The van der Waals surface area contributed by atoms with Gasteiger partial charge in [0.25, 0.3) is 11.5 Å². The number of carbonyl (C=O) groups excluding carboxylic acids is 1. The highest BCUT2D eigenvalue weighted by molar-refractivity contribution is 6.30. The standard InChI is InChI=1S/C33H33ClN8O4/c1-19(43)16-41(32(44)29-20(2)39-42(33(29)45)25-6-4-5-23(34)14-25)24-9-7-21(8-10-24)30-31(35)37-15-27(38-30)22-11-12-36-28(13-22)40-17-26(18-40)46-3/h4-15,19,26,39,43H,16-18H2,1-3H3,(H2,35,37). The van der Waals surface area contributed by atoms with Gasteiger partial charge in [0, 0.05) is 53.9 Å². The molecule has 1 unspecified atom stereocenters. The molecular weight excluding hydrogens is 608 g/mol. The van der Waals surface area contributed by atoms with E-state index in [9.17, 15) is 14.7 Å². The van der Waals surface area contributed by atoms with Gasteiger partial charge in [-0.15, -0.1) is 0 Å². The largest absolute Gasteiger partial charge is 0.392 e. The molecule has 4 N–H and O–H groups in total. The summed E-state index contributed by atoms with van der Waals surface area (Å²) in [4.78, 5) is 44.5. The van der Waals surface area contributed by atoms with Crippen LogP contribution in [0.1, 0.15) is 23.0 Å². The first kappa shape index (κ1) is 31.0. The second-order valence-electron chi connectivity index (χ2n) is 11.2. The number of hydrogen-bond acceptors (Lipinski definition) is 9. The second kappa shape index (κ2) is 12.8. The lowest BCUT2D eigenvalue weighted by molar-refractivity contribution is 0.0783. The number of anilines is 3. The Hall–Kier alpha value is -5.04. The lowest BCUT2D eigenvalue weighted by Crippen LogP contribution is -2.52. The predicted molar refractivity (Wildman–Crippen MR) is 178 cm³/mol. The minimum Gasteiger partial charge on any atom is -0.392 e. The fourth-order valence-corrected chi connectivity index (χ4v) is 5.56. The minimum atomic E-state index is -0.863. The molecule has 3 aromatic heterocycles. The van der Waals surface area contributed by atoms with E-state index in [-0.39, 0.29) is 24.0 Å². The first-order valence-electron chi connectivity index (χ1n) is 14.7. The lowest BCUT2D eigenvalue weighted by atomic mass is 10.1. The molecule has 0 saturated carbocycles. The number of methoxy groups -OCH3 is 1. The number of amides is 1. The molecule has 1 fully saturated rings. The van der Waals surface area contributed by atoms with E-state index in [1.54, 1.807) is 81.9 Å². The Morgan fingerprint density at radius 3 is 2.61 bits per heavy atom. The topological polar surface area (TPSA) is 155 Å². The van der Waals surface area contributed by atoms with Crippen LogP contribution in [0.4, 0.5) is 17.3 Å². The molecule has 46 heavy (non-hydrogen) atoms. The van der Waals surface area contributed by atoms with E-state index in [0.29, 0.717) is 39.0 Å². The molecule has 12 nitrogen and oxygen atoms in total. The third-order valence-electron chi connectivity index (χ3n) is 7.84. The van der Waals surface area contributed by atoms with Gasteiger partial charge in [-0.2, -0.15) is 0 Å². The quantitative estimate of drug-likeness (QED) is 0.216. The van der Waals surface area contributed by atoms with Gasteiger partial charge in [-0.05, 0) is 56.3 Å².